The first-order valence-corrected chi connectivity index (χ1v) is 4.04. The van der Waals surface area contributed by atoms with Gasteiger partial charge < -0.3 is 5.32 Å². The van der Waals surface area contributed by atoms with Crippen molar-refractivity contribution in [3.05, 3.63) is 22.4 Å². The van der Waals surface area contributed by atoms with Crippen LogP contribution < -0.4 is 5.32 Å². The summed E-state index contributed by atoms with van der Waals surface area (Å²) in [5, 5.41) is 4.10. The van der Waals surface area contributed by atoms with Gasteiger partial charge >= 0.3 is 0 Å². The molecule has 0 saturated carbocycles. The Hall–Kier alpha value is -0.470. The van der Waals surface area contributed by atoms with Crippen LogP contribution in [-0.4, -0.2) is 11.5 Å². The lowest BCUT2D eigenvalue weighted by atomic mass is 10.4. The molecule has 0 aliphatic heterocycles. The summed E-state index contributed by atoms with van der Waals surface area (Å²) in [4.78, 5) is 3.82. The topological polar surface area (TPSA) is 24.9 Å². The van der Waals surface area contributed by atoms with E-state index in [4.69, 9.17) is 23.2 Å². The van der Waals surface area contributed by atoms with Gasteiger partial charge in [-0.2, -0.15) is 0 Å². The third-order valence-corrected chi connectivity index (χ3v) is 1.70. The van der Waals surface area contributed by atoms with Crippen molar-refractivity contribution in [3.63, 3.8) is 0 Å². The molecule has 1 N–H and O–H groups in total. The van der Waals surface area contributed by atoms with E-state index in [1.807, 2.05) is 6.92 Å². The molecule has 0 saturated heterocycles. The van der Waals surface area contributed by atoms with E-state index in [0.717, 1.165) is 12.2 Å². The fraction of sp³-hybridized carbons (Fsp3) is 0.286. The van der Waals surface area contributed by atoms with Gasteiger partial charge in [0.05, 0.1) is 10.7 Å². The van der Waals surface area contributed by atoms with Crippen LogP contribution in [0.3, 0.4) is 0 Å². The van der Waals surface area contributed by atoms with E-state index in [0.29, 0.717) is 10.2 Å². The minimum atomic E-state index is 0.449. The largest absolute Gasteiger partial charge is 0.384 e. The van der Waals surface area contributed by atoms with E-state index in [9.17, 15) is 0 Å². The minimum absolute atomic E-state index is 0.449. The number of nitrogens with zero attached hydrogens (tertiary/aromatic N) is 1. The first-order chi connectivity index (χ1) is 5.24. The van der Waals surface area contributed by atoms with Crippen molar-refractivity contribution in [2.75, 3.05) is 11.9 Å². The van der Waals surface area contributed by atoms with Crippen LogP contribution in [0.25, 0.3) is 0 Å². The van der Waals surface area contributed by atoms with Crippen molar-refractivity contribution in [1.29, 1.82) is 0 Å². The van der Waals surface area contributed by atoms with Gasteiger partial charge in [0.2, 0.25) is 0 Å². The highest BCUT2D eigenvalue weighted by atomic mass is 35.5. The molecule has 0 bridgehead atoms. The molecule has 0 radical (unpaired) electrons. The molecule has 2 nitrogen and oxygen atoms in total. The normalized spacial score (nSPS) is 9.73. The SMILES string of the molecule is CCNc1cc(Cl)ncc1Cl. The third kappa shape index (κ3) is 2.24. The molecule has 0 aliphatic carbocycles. The molecule has 0 fully saturated rings. The van der Waals surface area contributed by atoms with Crippen molar-refractivity contribution in [1.82, 2.24) is 4.98 Å². The molecule has 11 heavy (non-hydrogen) atoms. The Kier molecular flexibility index (Phi) is 2.97. The molecule has 0 atom stereocenters. The average Bonchev–Trinajstić information content (AvgIpc) is 1.98. The molecule has 1 rings (SSSR count). The maximum Gasteiger partial charge on any atom is 0.131 e. The summed E-state index contributed by atoms with van der Waals surface area (Å²) in [5.74, 6) is 0. The average molecular weight is 191 g/mol. The van der Waals surface area contributed by atoms with E-state index in [1.54, 1.807) is 6.07 Å². The van der Waals surface area contributed by atoms with Gasteiger partial charge in [0.25, 0.3) is 0 Å². The second kappa shape index (κ2) is 3.79. The second-order valence-corrected chi connectivity index (χ2v) is 2.81. The van der Waals surface area contributed by atoms with Gasteiger partial charge in [0, 0.05) is 18.8 Å². The van der Waals surface area contributed by atoms with Crippen molar-refractivity contribution in [2.45, 2.75) is 6.92 Å². The van der Waals surface area contributed by atoms with Crippen LogP contribution in [0.2, 0.25) is 10.2 Å². The summed E-state index contributed by atoms with van der Waals surface area (Å²) >= 11 is 11.4. The van der Waals surface area contributed by atoms with Gasteiger partial charge in [-0.25, -0.2) is 4.98 Å². The number of anilines is 1. The minimum Gasteiger partial charge on any atom is -0.384 e. The Morgan fingerprint density at radius 3 is 2.91 bits per heavy atom. The molecule has 0 unspecified atom stereocenters. The molecular weight excluding hydrogens is 183 g/mol. The van der Waals surface area contributed by atoms with Gasteiger partial charge in [-0.05, 0) is 6.92 Å². The van der Waals surface area contributed by atoms with Gasteiger partial charge in [0.15, 0.2) is 0 Å². The monoisotopic (exact) mass is 190 g/mol. The Morgan fingerprint density at radius 1 is 1.55 bits per heavy atom. The van der Waals surface area contributed by atoms with Crippen LogP contribution in [0.15, 0.2) is 12.3 Å². The number of hydrogen-bond acceptors (Lipinski definition) is 2. The Morgan fingerprint density at radius 2 is 2.27 bits per heavy atom. The van der Waals surface area contributed by atoms with Crippen molar-refractivity contribution in [3.8, 4) is 0 Å². The standard InChI is InChI=1S/C7H8Cl2N2/c1-2-10-6-3-7(9)11-4-5(6)8/h3-4H,2H2,1H3,(H,10,11). The molecule has 0 amide bonds. The molecule has 60 valence electrons. The summed E-state index contributed by atoms with van der Waals surface area (Å²) in [7, 11) is 0. The van der Waals surface area contributed by atoms with E-state index in [-0.39, 0.29) is 0 Å². The van der Waals surface area contributed by atoms with Crippen LogP contribution in [-0.2, 0) is 0 Å². The maximum atomic E-state index is 5.79. The zero-order valence-electron chi connectivity index (χ0n) is 6.06. The van der Waals surface area contributed by atoms with Crippen LogP contribution in [0.4, 0.5) is 5.69 Å². The maximum absolute atomic E-state index is 5.79. The van der Waals surface area contributed by atoms with Crippen LogP contribution in [0.5, 0.6) is 0 Å². The zero-order valence-corrected chi connectivity index (χ0v) is 7.58. The molecule has 0 aliphatic rings. The van der Waals surface area contributed by atoms with Gasteiger partial charge in [-0.3, -0.25) is 0 Å². The fourth-order valence-corrected chi connectivity index (χ4v) is 1.07. The van der Waals surface area contributed by atoms with Gasteiger partial charge in [-0.1, -0.05) is 23.2 Å². The van der Waals surface area contributed by atoms with Crippen molar-refractivity contribution in [2.24, 2.45) is 0 Å². The Balaban J connectivity index is 2.93. The number of pyridine rings is 1. The van der Waals surface area contributed by atoms with Crippen LogP contribution in [0, 0.1) is 0 Å². The molecule has 0 spiro atoms. The molecule has 0 aromatic carbocycles. The molecule has 1 heterocycles. The first-order valence-electron chi connectivity index (χ1n) is 3.29. The molecule has 4 heteroatoms. The lowest BCUT2D eigenvalue weighted by Crippen LogP contribution is -1.97. The lowest BCUT2D eigenvalue weighted by Gasteiger charge is -2.04. The van der Waals surface area contributed by atoms with E-state index in [1.165, 1.54) is 6.20 Å². The summed E-state index contributed by atoms with van der Waals surface area (Å²) in [6, 6.07) is 1.70. The summed E-state index contributed by atoms with van der Waals surface area (Å²) < 4.78 is 0. The van der Waals surface area contributed by atoms with E-state index < -0.39 is 0 Å². The third-order valence-electron chi connectivity index (χ3n) is 1.19. The Labute approximate surface area is 75.5 Å². The quantitative estimate of drug-likeness (QED) is 0.727. The van der Waals surface area contributed by atoms with E-state index in [2.05, 4.69) is 10.3 Å². The predicted molar refractivity (Wildman–Crippen MR) is 48.4 cm³/mol. The number of aromatic nitrogens is 1. The molecule has 1 aromatic rings. The number of rotatable bonds is 2. The first kappa shape index (κ1) is 8.62. The van der Waals surface area contributed by atoms with Crippen LogP contribution >= 0.6 is 23.2 Å². The molecular formula is C7H8Cl2N2. The summed E-state index contributed by atoms with van der Waals surface area (Å²) in [6.07, 6.45) is 1.53. The van der Waals surface area contributed by atoms with Gasteiger partial charge in [-0.15, -0.1) is 0 Å². The van der Waals surface area contributed by atoms with Crippen LogP contribution in [0.1, 0.15) is 6.92 Å². The number of nitrogens with one attached hydrogen (secondary N) is 1. The highest BCUT2D eigenvalue weighted by Gasteiger charge is 1.99. The van der Waals surface area contributed by atoms with Crippen molar-refractivity contribution < 1.29 is 0 Å². The lowest BCUT2D eigenvalue weighted by molar-refractivity contribution is 1.20. The summed E-state index contributed by atoms with van der Waals surface area (Å²) in [5.41, 5.74) is 0.828. The molecule has 1 aromatic heterocycles. The van der Waals surface area contributed by atoms with E-state index >= 15 is 0 Å². The second-order valence-electron chi connectivity index (χ2n) is 2.02. The predicted octanol–water partition coefficient (Wildman–Crippen LogP) is 2.82. The highest BCUT2D eigenvalue weighted by molar-refractivity contribution is 6.34. The zero-order chi connectivity index (χ0) is 8.27. The summed E-state index contributed by atoms with van der Waals surface area (Å²) in [6.45, 7) is 2.81. The Bertz CT molecular complexity index is 250. The van der Waals surface area contributed by atoms with Gasteiger partial charge in [0.1, 0.15) is 5.15 Å². The van der Waals surface area contributed by atoms with Crippen molar-refractivity contribution >= 4 is 28.9 Å². The number of hydrogen-bond donors (Lipinski definition) is 1. The number of halogens is 2. The highest BCUT2D eigenvalue weighted by Crippen LogP contribution is 2.22. The fourth-order valence-electron chi connectivity index (χ4n) is 0.739. The smallest absolute Gasteiger partial charge is 0.131 e.